The molecule has 0 saturated carbocycles. The Morgan fingerprint density at radius 2 is 0.867 bits per heavy atom. The summed E-state index contributed by atoms with van der Waals surface area (Å²) in [5.41, 5.74) is 0.837. The quantitative estimate of drug-likeness (QED) is 0.0291. The van der Waals surface area contributed by atoms with Crippen molar-refractivity contribution in [1.82, 2.24) is 20.3 Å². The highest BCUT2D eigenvalue weighted by molar-refractivity contribution is 6.18. The second kappa shape index (κ2) is 19.1. The Bertz CT molecular complexity index is 2220. The van der Waals surface area contributed by atoms with Crippen LogP contribution < -0.4 is 21.3 Å². The number of rotatable bonds is 15. The van der Waals surface area contributed by atoms with Crippen molar-refractivity contribution in [3.8, 4) is 0 Å². The average molecular weight is 822 g/mol. The minimum Gasteiger partial charge on any atom is -0.477 e. The maximum absolute atomic E-state index is 13.1. The summed E-state index contributed by atoms with van der Waals surface area (Å²) in [6.45, 7) is 17.3. The maximum atomic E-state index is 13.1. The molecule has 0 aliphatic heterocycles. The van der Waals surface area contributed by atoms with E-state index in [0.717, 1.165) is 6.08 Å². The topological polar surface area (TPSA) is 231 Å². The summed E-state index contributed by atoms with van der Waals surface area (Å²) < 4.78 is 10.9. The molecule has 6 N–H and O–H groups in total. The molecular formula is C44H51N7O9. The fourth-order valence-corrected chi connectivity index (χ4v) is 4.84. The van der Waals surface area contributed by atoms with E-state index in [0.29, 0.717) is 33.8 Å². The summed E-state index contributed by atoms with van der Waals surface area (Å²) >= 11 is 0. The maximum Gasteiger partial charge on any atom is 0.345 e. The number of carboxylic acid groups (broad SMARTS) is 2. The van der Waals surface area contributed by atoms with Gasteiger partial charge in [0.25, 0.3) is 5.91 Å². The Morgan fingerprint density at radius 1 is 0.533 bits per heavy atom. The van der Waals surface area contributed by atoms with Gasteiger partial charge in [0.15, 0.2) is 0 Å². The predicted octanol–water partition coefficient (Wildman–Crippen LogP) is 7.75. The second-order valence-electron chi connectivity index (χ2n) is 17.2. The van der Waals surface area contributed by atoms with E-state index >= 15 is 0 Å². The smallest absolute Gasteiger partial charge is 0.345 e. The molecule has 60 heavy (non-hydrogen) atoms. The van der Waals surface area contributed by atoms with Crippen LogP contribution in [0.4, 0.5) is 34.9 Å². The minimum absolute atomic E-state index is 0.0984. The van der Waals surface area contributed by atoms with E-state index in [1.807, 2.05) is 62.3 Å². The van der Waals surface area contributed by atoms with Crippen molar-refractivity contribution in [2.75, 3.05) is 29.2 Å². The molecule has 16 nitrogen and oxygen atoms in total. The zero-order valence-corrected chi connectivity index (χ0v) is 35.1. The molecule has 0 bridgehead atoms. The zero-order chi connectivity index (χ0) is 44.4. The van der Waals surface area contributed by atoms with Crippen molar-refractivity contribution in [2.45, 2.75) is 67.9 Å². The lowest BCUT2D eigenvalue weighted by molar-refractivity contribution is -0.150. The third kappa shape index (κ3) is 15.0. The van der Waals surface area contributed by atoms with Crippen LogP contribution in [0.5, 0.6) is 0 Å². The van der Waals surface area contributed by atoms with E-state index in [4.69, 9.17) is 9.47 Å². The molecule has 0 atom stereocenters. The number of carbonyl (C=O) groups excluding carboxylic acids is 3. The summed E-state index contributed by atoms with van der Waals surface area (Å²) in [5, 5.41) is 30.7. The van der Waals surface area contributed by atoms with E-state index in [2.05, 4.69) is 36.2 Å². The van der Waals surface area contributed by atoms with Crippen molar-refractivity contribution in [3.63, 3.8) is 0 Å². The second-order valence-corrected chi connectivity index (χ2v) is 17.2. The average Bonchev–Trinajstić information content (AvgIpc) is 3.14. The van der Waals surface area contributed by atoms with Gasteiger partial charge < -0.3 is 41.0 Å². The number of nitrogens with one attached hydrogen (secondary N) is 4. The number of esters is 2. The summed E-state index contributed by atoms with van der Waals surface area (Å²) in [7, 11) is 0. The number of aromatic nitrogens is 3. The standard InChI is InChI=1S/C44H51N7O9/c1-42(2,3)24-59-37(57)33(38(58)60-25-43(4,5)6)23-27-12-18-30(19-13-27)46-40-48-39(45-29-16-10-26(11-17-29)22-32(35(53)54)36(55)56)49-41(50-40)47-31-20-14-28(15-21-31)34(52)51-44(7,8)9/h10-23H,24-25H2,1-9H3,(H,51,52)(H,53,54)(H,55,56)(H3,45,46,47,48,49,50). The molecule has 1 amide bonds. The first-order valence-electron chi connectivity index (χ1n) is 18.9. The van der Waals surface area contributed by atoms with Crippen LogP contribution in [0.3, 0.4) is 0 Å². The third-order valence-electron chi connectivity index (χ3n) is 7.66. The molecule has 1 aromatic heterocycles. The van der Waals surface area contributed by atoms with Crippen molar-refractivity contribution < 1.29 is 43.7 Å². The number of hydrogen-bond acceptors (Lipinski definition) is 13. The molecule has 0 aliphatic carbocycles. The number of carbonyl (C=O) groups is 5. The number of aliphatic carboxylic acids is 2. The van der Waals surface area contributed by atoms with Crippen molar-refractivity contribution in [1.29, 1.82) is 0 Å². The van der Waals surface area contributed by atoms with E-state index in [1.54, 1.807) is 60.7 Å². The van der Waals surface area contributed by atoms with Gasteiger partial charge in [-0.05, 0) is 103 Å². The van der Waals surface area contributed by atoms with E-state index in [9.17, 15) is 34.2 Å². The van der Waals surface area contributed by atoms with E-state index in [1.165, 1.54) is 18.2 Å². The molecule has 0 fully saturated rings. The Balaban J connectivity index is 1.63. The summed E-state index contributed by atoms with van der Waals surface area (Å²) in [4.78, 5) is 75.1. The molecule has 0 saturated heterocycles. The monoisotopic (exact) mass is 821 g/mol. The van der Waals surface area contributed by atoms with Gasteiger partial charge in [-0.1, -0.05) is 65.8 Å². The Kier molecular flexibility index (Phi) is 14.5. The van der Waals surface area contributed by atoms with Crippen LogP contribution in [0.1, 0.15) is 83.8 Å². The first-order valence-corrected chi connectivity index (χ1v) is 18.9. The molecule has 0 radical (unpaired) electrons. The fourth-order valence-electron chi connectivity index (χ4n) is 4.84. The number of carboxylic acids is 2. The van der Waals surface area contributed by atoms with Crippen LogP contribution in [0.15, 0.2) is 83.9 Å². The van der Waals surface area contributed by atoms with Crippen molar-refractivity contribution in [2.24, 2.45) is 10.8 Å². The molecular weight excluding hydrogens is 771 g/mol. The highest BCUT2D eigenvalue weighted by Gasteiger charge is 2.26. The Labute approximate surface area is 348 Å². The number of amides is 1. The lowest BCUT2D eigenvalue weighted by atomic mass is 9.98. The van der Waals surface area contributed by atoms with Crippen LogP contribution in [0.2, 0.25) is 0 Å². The highest BCUT2D eigenvalue weighted by Crippen LogP contribution is 2.24. The van der Waals surface area contributed by atoms with Gasteiger partial charge in [-0.2, -0.15) is 15.0 Å². The number of anilines is 6. The Hall–Kier alpha value is -7.10. The molecule has 4 aromatic rings. The normalized spacial score (nSPS) is 11.3. The fraction of sp³-hybridized carbons (Fsp3) is 0.318. The first kappa shape index (κ1) is 45.6. The van der Waals surface area contributed by atoms with Gasteiger partial charge in [0, 0.05) is 28.2 Å². The van der Waals surface area contributed by atoms with Gasteiger partial charge >= 0.3 is 23.9 Å². The number of ether oxygens (including phenoxy) is 2. The van der Waals surface area contributed by atoms with Crippen molar-refractivity contribution in [3.05, 3.63) is 101 Å². The molecule has 0 aliphatic rings. The van der Waals surface area contributed by atoms with Crippen LogP contribution in [0, 0.1) is 10.8 Å². The third-order valence-corrected chi connectivity index (χ3v) is 7.66. The first-order chi connectivity index (χ1) is 27.9. The van der Waals surface area contributed by atoms with Gasteiger partial charge in [0.1, 0.15) is 11.1 Å². The molecule has 16 heteroatoms. The SMILES string of the molecule is CC(C)(C)COC(=O)C(=Cc1ccc(Nc2nc(Nc3ccc(C=C(C(=O)O)C(=O)O)cc3)nc(Nc3ccc(C(=O)NC(C)(C)C)cc3)n2)cc1)C(=O)OCC(C)(C)C. The summed E-state index contributed by atoms with van der Waals surface area (Å²) in [5.74, 6) is -4.62. The van der Waals surface area contributed by atoms with Gasteiger partial charge in [0.2, 0.25) is 17.8 Å². The van der Waals surface area contributed by atoms with Crippen LogP contribution in [0.25, 0.3) is 12.2 Å². The Morgan fingerprint density at radius 3 is 1.18 bits per heavy atom. The molecule has 316 valence electrons. The number of benzene rings is 3. The highest BCUT2D eigenvalue weighted by atomic mass is 16.6. The van der Waals surface area contributed by atoms with Crippen LogP contribution in [-0.4, -0.2) is 73.7 Å². The van der Waals surface area contributed by atoms with Gasteiger partial charge in [-0.3, -0.25) is 4.79 Å². The molecule has 0 unspecified atom stereocenters. The summed E-state index contributed by atoms with van der Waals surface area (Å²) in [6, 6.07) is 19.7. The van der Waals surface area contributed by atoms with Crippen LogP contribution >= 0.6 is 0 Å². The van der Waals surface area contributed by atoms with Gasteiger partial charge in [-0.25, -0.2) is 19.2 Å². The predicted molar refractivity (Wildman–Crippen MR) is 228 cm³/mol. The molecule has 1 heterocycles. The number of nitrogens with zero attached hydrogens (tertiary/aromatic N) is 3. The minimum atomic E-state index is -1.57. The zero-order valence-electron chi connectivity index (χ0n) is 35.1. The van der Waals surface area contributed by atoms with Gasteiger partial charge in [0.05, 0.1) is 13.2 Å². The lowest BCUT2D eigenvalue weighted by Crippen LogP contribution is -2.40. The lowest BCUT2D eigenvalue weighted by Gasteiger charge is -2.20. The number of hydrogen-bond donors (Lipinski definition) is 6. The molecule has 0 spiro atoms. The van der Waals surface area contributed by atoms with Gasteiger partial charge in [-0.15, -0.1) is 0 Å². The van der Waals surface area contributed by atoms with Crippen LogP contribution in [-0.2, 0) is 28.7 Å². The van der Waals surface area contributed by atoms with E-state index < -0.39 is 35.0 Å². The largest absolute Gasteiger partial charge is 0.477 e. The van der Waals surface area contributed by atoms with E-state index in [-0.39, 0.29) is 53.4 Å². The summed E-state index contributed by atoms with van der Waals surface area (Å²) in [6.07, 6.45) is 2.45. The van der Waals surface area contributed by atoms with Crippen molar-refractivity contribution >= 4 is 76.8 Å². The molecule has 4 rings (SSSR count). The molecule has 3 aromatic carbocycles.